The highest BCUT2D eigenvalue weighted by Crippen LogP contribution is 2.38. The fourth-order valence-corrected chi connectivity index (χ4v) is 5.29. The lowest BCUT2D eigenvalue weighted by Gasteiger charge is -2.31. The van der Waals surface area contributed by atoms with Crippen molar-refractivity contribution < 1.29 is 27.4 Å². The topological polar surface area (TPSA) is 125 Å². The average molecular weight is 536 g/mol. The van der Waals surface area contributed by atoms with E-state index in [1.165, 1.54) is 29.9 Å². The minimum Gasteiger partial charge on any atom is -0.496 e. The number of carbonyl (C=O) groups excluding carboxylic acids is 1. The van der Waals surface area contributed by atoms with E-state index in [2.05, 4.69) is 10.0 Å². The largest absolute Gasteiger partial charge is 0.496 e. The van der Waals surface area contributed by atoms with E-state index >= 15 is 0 Å². The summed E-state index contributed by atoms with van der Waals surface area (Å²) >= 11 is 0. The van der Waals surface area contributed by atoms with Crippen molar-refractivity contribution in [3.8, 4) is 22.6 Å². The lowest BCUT2D eigenvalue weighted by molar-refractivity contribution is 0.0471. The standard InChI is InChI=1S/C26H37N3O7S/c1-7-27-37(32,33)19-12-13-22(20(14-19)21-16-29(5)24(30)15-23(21)34-6)35-18-10-8-17(9-11-18)28-25(31)36-26(2,3)4/h12-18,27H,7-11H2,1-6H3,(H,28,31). The van der Waals surface area contributed by atoms with Crippen LogP contribution in [0.1, 0.15) is 53.4 Å². The average Bonchev–Trinajstić information content (AvgIpc) is 2.80. The first-order valence-corrected chi connectivity index (χ1v) is 13.9. The highest BCUT2D eigenvalue weighted by molar-refractivity contribution is 7.89. The first-order chi connectivity index (χ1) is 17.3. The number of hydrogen-bond donors (Lipinski definition) is 2. The summed E-state index contributed by atoms with van der Waals surface area (Å²) in [5.41, 5.74) is 0.221. The molecule has 1 aromatic heterocycles. The summed E-state index contributed by atoms with van der Waals surface area (Å²) in [7, 11) is -0.657. The number of methoxy groups -OCH3 is 1. The number of benzene rings is 1. The molecule has 1 aliphatic rings. The van der Waals surface area contributed by atoms with E-state index in [-0.39, 0.29) is 29.1 Å². The molecule has 0 unspecified atom stereocenters. The van der Waals surface area contributed by atoms with Crippen LogP contribution in [0, 0.1) is 0 Å². The summed E-state index contributed by atoms with van der Waals surface area (Å²) in [4.78, 5) is 24.4. The zero-order valence-corrected chi connectivity index (χ0v) is 23.1. The summed E-state index contributed by atoms with van der Waals surface area (Å²) in [6, 6.07) is 6.02. The number of nitrogens with zero attached hydrogens (tertiary/aromatic N) is 1. The molecule has 0 radical (unpaired) electrons. The predicted octanol–water partition coefficient (Wildman–Crippen LogP) is 3.57. The molecule has 1 fully saturated rings. The molecule has 0 aliphatic heterocycles. The summed E-state index contributed by atoms with van der Waals surface area (Å²) < 4.78 is 46.5. The molecule has 37 heavy (non-hydrogen) atoms. The molecule has 204 valence electrons. The second-order valence-electron chi connectivity index (χ2n) is 10.1. The Hall–Kier alpha value is -3.05. The zero-order chi connectivity index (χ0) is 27.4. The Kier molecular flexibility index (Phi) is 8.91. The fraction of sp³-hybridized carbons (Fsp3) is 0.538. The van der Waals surface area contributed by atoms with Gasteiger partial charge >= 0.3 is 6.09 Å². The Morgan fingerprint density at radius 2 is 1.76 bits per heavy atom. The smallest absolute Gasteiger partial charge is 0.407 e. The summed E-state index contributed by atoms with van der Waals surface area (Å²) in [5, 5.41) is 2.92. The van der Waals surface area contributed by atoms with Crippen molar-refractivity contribution in [3.63, 3.8) is 0 Å². The van der Waals surface area contributed by atoms with E-state index in [1.807, 2.05) is 20.8 Å². The van der Waals surface area contributed by atoms with E-state index in [0.29, 0.717) is 35.5 Å². The van der Waals surface area contributed by atoms with Crippen LogP contribution in [-0.2, 0) is 21.8 Å². The van der Waals surface area contributed by atoms with E-state index < -0.39 is 21.7 Å². The first kappa shape index (κ1) is 28.5. The first-order valence-electron chi connectivity index (χ1n) is 12.4. The van der Waals surface area contributed by atoms with Crippen LogP contribution in [0.25, 0.3) is 11.1 Å². The van der Waals surface area contributed by atoms with Gasteiger partial charge in [-0.1, -0.05) is 6.92 Å². The van der Waals surface area contributed by atoms with Crippen molar-refractivity contribution >= 4 is 16.1 Å². The van der Waals surface area contributed by atoms with Crippen LogP contribution in [0.5, 0.6) is 11.5 Å². The van der Waals surface area contributed by atoms with Crippen LogP contribution in [0.2, 0.25) is 0 Å². The molecule has 3 rings (SSSR count). The van der Waals surface area contributed by atoms with Gasteiger partial charge in [0.05, 0.1) is 18.1 Å². The molecule has 1 heterocycles. The molecule has 1 saturated carbocycles. The molecule has 2 N–H and O–H groups in total. The number of alkyl carbamates (subject to hydrolysis) is 1. The van der Waals surface area contributed by atoms with Crippen molar-refractivity contribution in [1.82, 2.24) is 14.6 Å². The van der Waals surface area contributed by atoms with E-state index in [1.54, 1.807) is 26.2 Å². The number of hydrogen-bond acceptors (Lipinski definition) is 7. The quantitative estimate of drug-likeness (QED) is 0.529. The van der Waals surface area contributed by atoms with Gasteiger partial charge < -0.3 is 24.1 Å². The lowest BCUT2D eigenvalue weighted by Crippen LogP contribution is -2.42. The van der Waals surface area contributed by atoms with Crippen LogP contribution in [0.15, 0.2) is 40.2 Å². The van der Waals surface area contributed by atoms with Gasteiger partial charge in [0, 0.05) is 43.0 Å². The van der Waals surface area contributed by atoms with Crippen LogP contribution >= 0.6 is 0 Å². The van der Waals surface area contributed by atoms with Crippen molar-refractivity contribution in [2.75, 3.05) is 13.7 Å². The summed E-state index contributed by atoms with van der Waals surface area (Å²) in [6.07, 6.45) is 3.87. The second-order valence-corrected chi connectivity index (χ2v) is 11.9. The molecule has 2 aromatic rings. The van der Waals surface area contributed by atoms with Crippen LogP contribution < -0.4 is 25.1 Å². The van der Waals surface area contributed by atoms with Crippen LogP contribution in [-0.4, -0.2) is 50.5 Å². The van der Waals surface area contributed by atoms with Crippen LogP contribution in [0.3, 0.4) is 0 Å². The molecule has 0 atom stereocenters. The summed E-state index contributed by atoms with van der Waals surface area (Å²) in [6.45, 7) is 7.43. The van der Waals surface area contributed by atoms with Gasteiger partial charge in [0.15, 0.2) is 0 Å². The van der Waals surface area contributed by atoms with Gasteiger partial charge in [0.25, 0.3) is 5.56 Å². The van der Waals surface area contributed by atoms with Crippen molar-refractivity contribution in [3.05, 3.63) is 40.8 Å². The molecule has 10 nitrogen and oxygen atoms in total. The van der Waals surface area contributed by atoms with Crippen molar-refractivity contribution in [2.24, 2.45) is 7.05 Å². The molecule has 0 spiro atoms. The maximum Gasteiger partial charge on any atom is 0.407 e. The van der Waals surface area contributed by atoms with Crippen molar-refractivity contribution in [1.29, 1.82) is 0 Å². The van der Waals surface area contributed by atoms with Gasteiger partial charge in [-0.25, -0.2) is 17.9 Å². The Morgan fingerprint density at radius 1 is 1.08 bits per heavy atom. The second kappa shape index (κ2) is 11.6. The monoisotopic (exact) mass is 535 g/mol. The third-order valence-corrected chi connectivity index (χ3v) is 7.53. The molecule has 1 aliphatic carbocycles. The Balaban J connectivity index is 1.87. The highest BCUT2D eigenvalue weighted by atomic mass is 32.2. The van der Waals surface area contributed by atoms with Gasteiger partial charge in [-0.15, -0.1) is 0 Å². The third-order valence-electron chi connectivity index (χ3n) is 5.98. The van der Waals surface area contributed by atoms with Gasteiger partial charge in [0.2, 0.25) is 10.0 Å². The van der Waals surface area contributed by atoms with Gasteiger partial charge in [-0.05, 0) is 64.7 Å². The van der Waals surface area contributed by atoms with Crippen LogP contribution in [0.4, 0.5) is 4.79 Å². The van der Waals surface area contributed by atoms with Gasteiger partial charge in [-0.3, -0.25) is 4.79 Å². The summed E-state index contributed by atoms with van der Waals surface area (Å²) in [5.74, 6) is 0.798. The van der Waals surface area contributed by atoms with Crippen molar-refractivity contribution in [2.45, 2.75) is 76.0 Å². The van der Waals surface area contributed by atoms with E-state index in [0.717, 1.165) is 12.8 Å². The molecule has 0 saturated heterocycles. The molecule has 11 heteroatoms. The van der Waals surface area contributed by atoms with Gasteiger partial charge in [-0.2, -0.15) is 0 Å². The molecule has 1 amide bonds. The number of nitrogens with one attached hydrogen (secondary N) is 2. The molecule has 0 bridgehead atoms. The number of sulfonamides is 1. The Bertz CT molecular complexity index is 1270. The number of pyridine rings is 1. The lowest BCUT2D eigenvalue weighted by atomic mass is 9.93. The minimum atomic E-state index is -3.73. The van der Waals surface area contributed by atoms with E-state index in [4.69, 9.17) is 14.2 Å². The third kappa shape index (κ3) is 7.48. The normalized spacial score (nSPS) is 18.2. The van der Waals surface area contributed by atoms with E-state index in [9.17, 15) is 18.0 Å². The number of amides is 1. The minimum absolute atomic E-state index is 0.00875. The zero-order valence-electron chi connectivity index (χ0n) is 22.3. The maximum atomic E-state index is 12.7. The number of carbonyl (C=O) groups is 1. The number of ether oxygens (including phenoxy) is 3. The Morgan fingerprint density at radius 3 is 2.35 bits per heavy atom. The Labute approximate surface area is 218 Å². The van der Waals surface area contributed by atoms with Gasteiger partial charge in [0.1, 0.15) is 17.1 Å². The SMILES string of the molecule is CCNS(=O)(=O)c1ccc(OC2CCC(NC(=O)OC(C)(C)C)CC2)c(-c2cn(C)c(=O)cc2OC)c1. The maximum absolute atomic E-state index is 12.7. The molecular formula is C26H37N3O7S. The predicted molar refractivity (Wildman–Crippen MR) is 141 cm³/mol. The number of rotatable bonds is 8. The molecule has 1 aromatic carbocycles. The number of aromatic nitrogens is 1. The fourth-order valence-electron chi connectivity index (χ4n) is 4.23. The highest BCUT2D eigenvalue weighted by Gasteiger charge is 2.27. The molecular weight excluding hydrogens is 498 g/mol. The number of aryl methyl sites for hydroxylation is 1.